The molecular weight excluding hydrogens is 380 g/mol. The van der Waals surface area contributed by atoms with Gasteiger partial charge in [-0.15, -0.1) is 0 Å². The average molecular weight is 417 g/mol. The van der Waals surface area contributed by atoms with Gasteiger partial charge in [0.1, 0.15) is 5.75 Å². The van der Waals surface area contributed by atoms with E-state index in [1.807, 2.05) is 17.0 Å². The molecule has 30 heavy (non-hydrogen) atoms. The summed E-state index contributed by atoms with van der Waals surface area (Å²) in [6.07, 6.45) is 7.68. The Morgan fingerprint density at radius 2 is 1.83 bits per heavy atom. The number of nitrogens with zero attached hydrogens (tertiary/aromatic N) is 2. The lowest BCUT2D eigenvalue weighted by Crippen LogP contribution is -2.44. The minimum Gasteiger partial charge on any atom is -0.508 e. The summed E-state index contributed by atoms with van der Waals surface area (Å²) in [4.78, 5) is 17.1. The highest BCUT2D eigenvalue weighted by molar-refractivity contribution is 5.78. The number of carbonyl (C=O) groups is 1. The Balaban J connectivity index is 1.22. The molecule has 3 aliphatic rings. The third-order valence-corrected chi connectivity index (χ3v) is 7.54. The van der Waals surface area contributed by atoms with Crippen molar-refractivity contribution >= 4 is 5.91 Å². The van der Waals surface area contributed by atoms with Gasteiger partial charge in [-0.3, -0.25) is 4.79 Å². The van der Waals surface area contributed by atoms with Gasteiger partial charge in [0.05, 0.1) is 25.2 Å². The molecule has 0 unspecified atom stereocenters. The Hall–Kier alpha value is -1.63. The second-order valence-corrected chi connectivity index (χ2v) is 9.76. The van der Waals surface area contributed by atoms with Crippen LogP contribution in [0.25, 0.3) is 0 Å². The van der Waals surface area contributed by atoms with Gasteiger partial charge in [0.15, 0.2) is 0 Å². The van der Waals surface area contributed by atoms with Gasteiger partial charge in [-0.25, -0.2) is 0 Å². The number of rotatable bonds is 5. The zero-order chi connectivity index (χ0) is 21.1. The van der Waals surface area contributed by atoms with E-state index in [1.54, 1.807) is 12.1 Å². The third-order valence-electron chi connectivity index (χ3n) is 7.54. The van der Waals surface area contributed by atoms with Crippen molar-refractivity contribution in [2.75, 3.05) is 33.3 Å². The van der Waals surface area contributed by atoms with Crippen LogP contribution in [0.1, 0.15) is 50.5 Å². The summed E-state index contributed by atoms with van der Waals surface area (Å²) < 4.78 is 6.21. The monoisotopic (exact) mass is 416 g/mol. The van der Waals surface area contributed by atoms with Gasteiger partial charge in [-0.1, -0.05) is 12.1 Å². The summed E-state index contributed by atoms with van der Waals surface area (Å²) in [6.45, 7) is 3.40. The minimum absolute atomic E-state index is 0.109. The quantitative estimate of drug-likeness (QED) is 0.772. The zero-order valence-electron chi connectivity index (χ0n) is 18.1. The molecule has 0 bridgehead atoms. The predicted octanol–water partition coefficient (Wildman–Crippen LogP) is 2.57. The molecule has 2 aliphatic heterocycles. The maximum absolute atomic E-state index is 12.7. The number of hydrogen-bond acceptors (Lipinski definition) is 5. The summed E-state index contributed by atoms with van der Waals surface area (Å²) >= 11 is 0. The molecule has 6 nitrogen and oxygen atoms in total. The molecule has 3 fully saturated rings. The van der Waals surface area contributed by atoms with E-state index in [-0.39, 0.29) is 29.3 Å². The number of hydrogen-bond donors (Lipinski definition) is 2. The highest BCUT2D eigenvalue weighted by atomic mass is 16.5. The summed E-state index contributed by atoms with van der Waals surface area (Å²) in [5.41, 5.74) is 1.17. The van der Waals surface area contributed by atoms with Crippen molar-refractivity contribution < 1.29 is 19.7 Å². The number of aliphatic hydroxyl groups is 1. The Morgan fingerprint density at radius 1 is 1.17 bits per heavy atom. The van der Waals surface area contributed by atoms with E-state index in [0.29, 0.717) is 12.5 Å². The van der Waals surface area contributed by atoms with Crippen molar-refractivity contribution in [3.05, 3.63) is 29.8 Å². The van der Waals surface area contributed by atoms with Gasteiger partial charge in [-0.2, -0.15) is 0 Å². The Morgan fingerprint density at radius 3 is 2.50 bits per heavy atom. The fraction of sp³-hybridized carbons (Fsp3) is 0.708. The maximum atomic E-state index is 12.7. The summed E-state index contributed by atoms with van der Waals surface area (Å²) in [5, 5.41) is 19.1. The van der Waals surface area contributed by atoms with Crippen molar-refractivity contribution in [1.82, 2.24) is 9.80 Å². The normalized spacial score (nSPS) is 28.9. The summed E-state index contributed by atoms with van der Waals surface area (Å²) in [6, 6.07) is 7.47. The van der Waals surface area contributed by atoms with Crippen molar-refractivity contribution in [1.29, 1.82) is 0 Å². The molecule has 1 aromatic carbocycles. The molecule has 4 rings (SSSR count). The van der Waals surface area contributed by atoms with Gasteiger partial charge in [0.25, 0.3) is 0 Å². The number of benzene rings is 1. The molecule has 2 heterocycles. The molecule has 6 heteroatoms. The maximum Gasteiger partial charge on any atom is 0.226 e. The molecule has 2 saturated heterocycles. The van der Waals surface area contributed by atoms with Crippen LogP contribution >= 0.6 is 0 Å². The number of likely N-dealkylation sites (tertiary alicyclic amines) is 1. The zero-order valence-corrected chi connectivity index (χ0v) is 18.1. The molecule has 2 N–H and O–H groups in total. The molecule has 1 aromatic rings. The van der Waals surface area contributed by atoms with Crippen molar-refractivity contribution in [3.8, 4) is 5.75 Å². The number of phenolic OH excluding ortho intramolecular Hbond substituents is 1. The molecule has 0 radical (unpaired) electrons. The molecule has 1 spiro atoms. The van der Waals surface area contributed by atoms with Crippen LogP contribution in [0.4, 0.5) is 0 Å². The molecule has 166 valence electrons. The first-order chi connectivity index (χ1) is 14.4. The van der Waals surface area contributed by atoms with Crippen molar-refractivity contribution in [3.63, 3.8) is 0 Å². The average Bonchev–Trinajstić information content (AvgIpc) is 3.12. The van der Waals surface area contributed by atoms with Gasteiger partial charge >= 0.3 is 0 Å². The fourth-order valence-corrected chi connectivity index (χ4v) is 5.46. The SMILES string of the molecule is CN(C[C@H]1CC2(CCN(C(=O)Cc3ccc(O)cc3)CC2)CO1)C1CCC(O)CC1. The molecule has 1 saturated carbocycles. The van der Waals surface area contributed by atoms with Gasteiger partial charge in [-0.05, 0) is 75.1 Å². The number of aromatic hydroxyl groups is 1. The van der Waals surface area contributed by atoms with E-state index >= 15 is 0 Å². The number of aliphatic hydroxyl groups excluding tert-OH is 1. The number of amides is 1. The molecule has 1 atom stereocenters. The van der Waals surface area contributed by atoms with Crippen LogP contribution in [-0.4, -0.2) is 77.5 Å². The van der Waals surface area contributed by atoms with Gasteiger partial charge < -0.3 is 24.7 Å². The molecular formula is C24H36N2O4. The van der Waals surface area contributed by atoms with Gasteiger partial charge in [0, 0.05) is 25.7 Å². The first kappa shape index (κ1) is 21.6. The van der Waals surface area contributed by atoms with E-state index in [1.165, 1.54) is 0 Å². The van der Waals surface area contributed by atoms with Gasteiger partial charge in [0.2, 0.25) is 5.91 Å². The predicted molar refractivity (Wildman–Crippen MR) is 115 cm³/mol. The second-order valence-electron chi connectivity index (χ2n) is 9.76. The third kappa shape index (κ3) is 5.16. The highest BCUT2D eigenvalue weighted by Crippen LogP contribution is 2.42. The van der Waals surface area contributed by atoms with Crippen LogP contribution in [0.5, 0.6) is 5.75 Å². The summed E-state index contributed by atoms with van der Waals surface area (Å²) in [7, 11) is 2.20. The fourth-order valence-electron chi connectivity index (χ4n) is 5.46. The highest BCUT2D eigenvalue weighted by Gasteiger charge is 2.43. The van der Waals surface area contributed by atoms with E-state index in [0.717, 1.165) is 76.8 Å². The number of phenols is 1. The largest absolute Gasteiger partial charge is 0.508 e. The van der Waals surface area contributed by atoms with E-state index in [4.69, 9.17) is 4.74 Å². The number of carbonyl (C=O) groups excluding carboxylic acids is 1. The van der Waals surface area contributed by atoms with Crippen LogP contribution < -0.4 is 0 Å². The molecule has 1 aliphatic carbocycles. The standard InChI is InChI=1S/C24H36N2O4/c1-25(19-4-8-21(28)9-5-19)16-22-15-24(17-30-22)10-12-26(13-11-24)23(29)14-18-2-6-20(27)7-3-18/h2-3,6-7,19,21-22,27-28H,4-5,8-17H2,1H3/t19?,21?,22-/m1/s1. The van der Waals surface area contributed by atoms with E-state index < -0.39 is 0 Å². The van der Waals surface area contributed by atoms with Crippen LogP contribution in [-0.2, 0) is 16.0 Å². The molecule has 1 amide bonds. The lowest BCUT2D eigenvalue weighted by Gasteiger charge is -2.39. The van der Waals surface area contributed by atoms with Crippen molar-refractivity contribution in [2.45, 2.75) is 69.6 Å². The number of piperidine rings is 1. The Kier molecular flexibility index (Phi) is 6.66. The lowest BCUT2D eigenvalue weighted by atomic mass is 9.76. The smallest absolute Gasteiger partial charge is 0.226 e. The second kappa shape index (κ2) is 9.25. The number of ether oxygens (including phenoxy) is 1. The first-order valence-electron chi connectivity index (χ1n) is 11.5. The minimum atomic E-state index is -0.109. The van der Waals surface area contributed by atoms with Crippen molar-refractivity contribution in [2.24, 2.45) is 5.41 Å². The summed E-state index contributed by atoms with van der Waals surface area (Å²) in [5.74, 6) is 0.402. The van der Waals surface area contributed by atoms with Crippen LogP contribution in [0.3, 0.4) is 0 Å². The van der Waals surface area contributed by atoms with E-state index in [2.05, 4.69) is 11.9 Å². The molecule has 0 aromatic heterocycles. The number of likely N-dealkylation sites (N-methyl/N-ethyl adjacent to an activating group) is 1. The van der Waals surface area contributed by atoms with E-state index in [9.17, 15) is 15.0 Å². The Labute approximate surface area is 179 Å². The van der Waals surface area contributed by atoms with Crippen LogP contribution in [0.2, 0.25) is 0 Å². The van der Waals surface area contributed by atoms with Crippen LogP contribution in [0, 0.1) is 5.41 Å². The lowest BCUT2D eigenvalue weighted by molar-refractivity contribution is -0.132. The topological polar surface area (TPSA) is 73.2 Å². The Bertz CT molecular complexity index is 706. The first-order valence-corrected chi connectivity index (χ1v) is 11.5. The van der Waals surface area contributed by atoms with Crippen LogP contribution in [0.15, 0.2) is 24.3 Å².